The van der Waals surface area contributed by atoms with Gasteiger partial charge in [0.25, 0.3) is 5.22 Å². The van der Waals surface area contributed by atoms with Crippen molar-refractivity contribution in [3.63, 3.8) is 0 Å². The van der Waals surface area contributed by atoms with Crippen LogP contribution >= 0.6 is 11.8 Å². The zero-order valence-corrected chi connectivity index (χ0v) is 13.8. The molecule has 0 fully saturated rings. The largest absolute Gasteiger partial charge is 0.496 e. The number of hydrogen-bond donors (Lipinski definition) is 1. The van der Waals surface area contributed by atoms with Gasteiger partial charge in [-0.15, -0.1) is 0 Å². The van der Waals surface area contributed by atoms with E-state index in [4.69, 9.17) is 9.15 Å². The van der Waals surface area contributed by atoms with Gasteiger partial charge in [-0.2, -0.15) is 0 Å². The number of aromatic nitrogens is 1. The van der Waals surface area contributed by atoms with Gasteiger partial charge in [0.05, 0.1) is 12.8 Å². The number of oxazole rings is 1. The zero-order valence-electron chi connectivity index (χ0n) is 13.0. The first-order valence-electron chi connectivity index (χ1n) is 7.02. The van der Waals surface area contributed by atoms with Crippen LogP contribution in [-0.2, 0) is 12.3 Å². The fraction of sp³-hybridized carbons (Fsp3) is 0.438. The Kier molecular flexibility index (Phi) is 5.70. The number of methoxy groups -OCH3 is 1. The minimum Gasteiger partial charge on any atom is -0.496 e. The second kappa shape index (κ2) is 7.52. The lowest BCUT2D eigenvalue weighted by Crippen LogP contribution is -2.21. The average molecular weight is 306 g/mol. The molecular weight excluding hydrogens is 284 g/mol. The monoisotopic (exact) mass is 306 g/mol. The summed E-state index contributed by atoms with van der Waals surface area (Å²) in [7, 11) is 1.70. The van der Waals surface area contributed by atoms with Gasteiger partial charge < -0.3 is 14.5 Å². The van der Waals surface area contributed by atoms with Gasteiger partial charge in [-0.3, -0.25) is 0 Å². The molecule has 114 valence electrons. The summed E-state index contributed by atoms with van der Waals surface area (Å²) in [6, 6.07) is 6.77. The van der Waals surface area contributed by atoms with E-state index in [2.05, 4.69) is 36.3 Å². The number of thioether (sulfide) groups is 1. The maximum atomic E-state index is 5.43. The van der Waals surface area contributed by atoms with Crippen LogP contribution in [0.4, 0.5) is 0 Å². The molecule has 0 bridgehead atoms. The lowest BCUT2D eigenvalue weighted by atomic mass is 10.1. The van der Waals surface area contributed by atoms with Crippen molar-refractivity contribution in [1.29, 1.82) is 0 Å². The molecular formula is C16H22N2O2S. The average Bonchev–Trinajstić information content (AvgIpc) is 2.88. The summed E-state index contributed by atoms with van der Waals surface area (Å²) in [5, 5.41) is 4.12. The van der Waals surface area contributed by atoms with Crippen molar-refractivity contribution in [3.05, 3.63) is 41.3 Å². The van der Waals surface area contributed by atoms with E-state index in [1.165, 1.54) is 5.56 Å². The fourth-order valence-electron chi connectivity index (χ4n) is 1.91. The van der Waals surface area contributed by atoms with Crippen molar-refractivity contribution < 1.29 is 9.15 Å². The van der Waals surface area contributed by atoms with Crippen LogP contribution in [0.1, 0.15) is 30.7 Å². The van der Waals surface area contributed by atoms with E-state index in [-0.39, 0.29) is 0 Å². The van der Waals surface area contributed by atoms with Gasteiger partial charge in [0.1, 0.15) is 12.0 Å². The molecule has 0 aliphatic heterocycles. The Morgan fingerprint density at radius 2 is 2.19 bits per heavy atom. The number of ether oxygens (including phenoxy) is 1. The molecule has 0 aliphatic carbocycles. The summed E-state index contributed by atoms with van der Waals surface area (Å²) in [6.45, 7) is 7.07. The molecule has 1 aromatic carbocycles. The molecule has 1 aromatic heterocycles. The molecule has 1 heterocycles. The van der Waals surface area contributed by atoms with E-state index in [1.54, 1.807) is 25.1 Å². The van der Waals surface area contributed by atoms with Crippen LogP contribution in [0.3, 0.4) is 0 Å². The topological polar surface area (TPSA) is 47.3 Å². The van der Waals surface area contributed by atoms with Crippen molar-refractivity contribution in [1.82, 2.24) is 10.3 Å². The lowest BCUT2D eigenvalue weighted by molar-refractivity contribution is 0.411. The van der Waals surface area contributed by atoms with Gasteiger partial charge in [0.2, 0.25) is 0 Å². The molecule has 5 heteroatoms. The molecule has 0 unspecified atom stereocenters. The number of hydrogen-bond acceptors (Lipinski definition) is 5. The van der Waals surface area contributed by atoms with Gasteiger partial charge in [-0.05, 0) is 24.6 Å². The Hall–Kier alpha value is -1.46. The number of nitrogens with one attached hydrogen (secondary N) is 1. The molecule has 0 spiro atoms. The van der Waals surface area contributed by atoms with Crippen molar-refractivity contribution in [3.8, 4) is 5.75 Å². The SMILES string of the molecule is COc1ccc(CNC(C)C)cc1CSc1nc(C)co1. The third-order valence-corrected chi connectivity index (χ3v) is 3.90. The fourth-order valence-corrected chi connectivity index (χ4v) is 2.74. The molecule has 0 saturated carbocycles. The second-order valence-electron chi connectivity index (χ2n) is 5.23. The Balaban J connectivity index is 2.06. The van der Waals surface area contributed by atoms with Crippen LogP contribution in [0, 0.1) is 6.92 Å². The van der Waals surface area contributed by atoms with Gasteiger partial charge >= 0.3 is 0 Å². The molecule has 21 heavy (non-hydrogen) atoms. The Bertz CT molecular complexity index is 581. The molecule has 2 rings (SSSR count). The lowest BCUT2D eigenvalue weighted by Gasteiger charge is -2.12. The third-order valence-electron chi connectivity index (χ3n) is 3.01. The van der Waals surface area contributed by atoms with Crippen molar-refractivity contribution in [2.75, 3.05) is 7.11 Å². The van der Waals surface area contributed by atoms with Crippen LogP contribution in [0.15, 0.2) is 34.1 Å². The van der Waals surface area contributed by atoms with Crippen LogP contribution in [0.25, 0.3) is 0 Å². The van der Waals surface area contributed by atoms with E-state index in [9.17, 15) is 0 Å². The van der Waals surface area contributed by atoms with Crippen molar-refractivity contribution in [2.24, 2.45) is 0 Å². The van der Waals surface area contributed by atoms with Gasteiger partial charge in [-0.1, -0.05) is 31.7 Å². The molecule has 0 amide bonds. The summed E-state index contributed by atoms with van der Waals surface area (Å²) in [5.41, 5.74) is 3.31. The van der Waals surface area contributed by atoms with Gasteiger partial charge in [0.15, 0.2) is 0 Å². The first-order valence-corrected chi connectivity index (χ1v) is 8.01. The highest BCUT2D eigenvalue weighted by Gasteiger charge is 2.08. The van der Waals surface area contributed by atoms with Crippen LogP contribution < -0.4 is 10.1 Å². The molecule has 0 aliphatic rings. The second-order valence-corrected chi connectivity index (χ2v) is 6.15. The van der Waals surface area contributed by atoms with Gasteiger partial charge in [0, 0.05) is 23.9 Å². The maximum absolute atomic E-state index is 5.43. The molecule has 0 atom stereocenters. The van der Waals surface area contributed by atoms with E-state index in [0.717, 1.165) is 29.3 Å². The van der Waals surface area contributed by atoms with Crippen LogP contribution in [-0.4, -0.2) is 18.1 Å². The first kappa shape index (κ1) is 15.9. The predicted octanol–water partition coefficient (Wildman–Crippen LogP) is 3.78. The van der Waals surface area contributed by atoms with E-state index >= 15 is 0 Å². The van der Waals surface area contributed by atoms with Crippen LogP contribution in [0.2, 0.25) is 0 Å². The molecule has 4 nitrogen and oxygen atoms in total. The number of nitrogens with zero attached hydrogens (tertiary/aromatic N) is 1. The zero-order chi connectivity index (χ0) is 15.2. The smallest absolute Gasteiger partial charge is 0.256 e. The Labute approximate surface area is 130 Å². The first-order chi connectivity index (χ1) is 10.1. The quantitative estimate of drug-likeness (QED) is 0.789. The minimum atomic E-state index is 0.472. The highest BCUT2D eigenvalue weighted by Crippen LogP contribution is 2.28. The molecule has 1 N–H and O–H groups in total. The summed E-state index contributed by atoms with van der Waals surface area (Å²) >= 11 is 1.58. The highest BCUT2D eigenvalue weighted by molar-refractivity contribution is 7.98. The Morgan fingerprint density at radius 1 is 1.38 bits per heavy atom. The third kappa shape index (κ3) is 4.79. The van der Waals surface area contributed by atoms with Crippen LogP contribution in [0.5, 0.6) is 5.75 Å². The summed E-state index contributed by atoms with van der Waals surface area (Å²) in [4.78, 5) is 4.31. The van der Waals surface area contributed by atoms with E-state index < -0.39 is 0 Å². The van der Waals surface area contributed by atoms with Gasteiger partial charge in [-0.25, -0.2) is 4.98 Å². The Morgan fingerprint density at radius 3 is 2.81 bits per heavy atom. The molecule has 0 radical (unpaired) electrons. The number of benzene rings is 1. The highest BCUT2D eigenvalue weighted by atomic mass is 32.2. The normalized spacial score (nSPS) is 11.1. The van der Waals surface area contributed by atoms with E-state index in [0.29, 0.717) is 11.3 Å². The van der Waals surface area contributed by atoms with E-state index in [1.807, 2.05) is 13.0 Å². The summed E-state index contributed by atoms with van der Waals surface area (Å²) in [6.07, 6.45) is 1.67. The standard InChI is InChI=1S/C16H22N2O2S/c1-11(2)17-8-13-5-6-15(19-4)14(7-13)10-21-16-18-12(3)9-20-16/h5-7,9,11,17H,8,10H2,1-4H3. The number of aryl methyl sites for hydroxylation is 1. The molecule has 0 saturated heterocycles. The number of rotatable bonds is 7. The maximum Gasteiger partial charge on any atom is 0.256 e. The predicted molar refractivity (Wildman–Crippen MR) is 85.8 cm³/mol. The summed E-state index contributed by atoms with van der Waals surface area (Å²) < 4.78 is 10.8. The molecule has 2 aromatic rings. The minimum absolute atomic E-state index is 0.472. The van der Waals surface area contributed by atoms with Crippen molar-refractivity contribution >= 4 is 11.8 Å². The summed E-state index contributed by atoms with van der Waals surface area (Å²) in [5.74, 6) is 1.68. The van der Waals surface area contributed by atoms with Crippen molar-refractivity contribution in [2.45, 2.75) is 44.3 Å².